The number of halogens is 1. The summed E-state index contributed by atoms with van der Waals surface area (Å²) in [4.78, 5) is 43.0. The van der Waals surface area contributed by atoms with Gasteiger partial charge < -0.3 is 5.32 Å². The molecule has 2 aromatic carbocycles. The average molecular weight is 392 g/mol. The van der Waals surface area contributed by atoms with Gasteiger partial charge in [-0.1, -0.05) is 17.7 Å². The summed E-state index contributed by atoms with van der Waals surface area (Å²) in [5.41, 5.74) is 2.13. The first-order valence-electron chi connectivity index (χ1n) is 8.49. The van der Waals surface area contributed by atoms with Crippen molar-refractivity contribution in [3.05, 3.63) is 94.3 Å². The minimum Gasteiger partial charge on any atom is -0.322 e. The Bertz CT molecular complexity index is 1080. The van der Waals surface area contributed by atoms with E-state index in [2.05, 4.69) is 10.3 Å². The first-order valence-corrected chi connectivity index (χ1v) is 8.87. The predicted molar refractivity (Wildman–Crippen MR) is 104 cm³/mol. The van der Waals surface area contributed by atoms with E-state index < -0.39 is 5.91 Å². The molecule has 3 aromatic rings. The monoisotopic (exact) mass is 391 g/mol. The molecule has 1 aliphatic rings. The van der Waals surface area contributed by atoms with E-state index >= 15 is 0 Å². The molecule has 0 saturated carbocycles. The first-order chi connectivity index (χ1) is 13.5. The van der Waals surface area contributed by atoms with E-state index in [1.54, 1.807) is 48.8 Å². The lowest BCUT2D eigenvalue weighted by Gasteiger charge is -2.13. The van der Waals surface area contributed by atoms with Crippen molar-refractivity contribution in [2.75, 3.05) is 5.32 Å². The van der Waals surface area contributed by atoms with Crippen LogP contribution in [0.4, 0.5) is 5.69 Å². The fraction of sp³-hybridized carbons (Fsp3) is 0.0476. The largest absolute Gasteiger partial charge is 0.322 e. The summed E-state index contributed by atoms with van der Waals surface area (Å²) < 4.78 is 0. The van der Waals surface area contributed by atoms with Crippen LogP contribution >= 0.6 is 11.6 Å². The van der Waals surface area contributed by atoms with Gasteiger partial charge in [0.25, 0.3) is 17.7 Å². The van der Waals surface area contributed by atoms with Crippen LogP contribution in [-0.4, -0.2) is 27.6 Å². The molecule has 2 heterocycles. The highest BCUT2D eigenvalue weighted by Gasteiger charge is 2.36. The average Bonchev–Trinajstić information content (AvgIpc) is 2.95. The highest BCUT2D eigenvalue weighted by Crippen LogP contribution is 2.26. The molecule has 3 amide bonds. The molecule has 1 N–H and O–H groups in total. The van der Waals surface area contributed by atoms with Crippen LogP contribution in [0, 0.1) is 0 Å². The molecule has 0 spiro atoms. The Morgan fingerprint density at radius 1 is 1.00 bits per heavy atom. The van der Waals surface area contributed by atoms with Gasteiger partial charge in [-0.3, -0.25) is 24.3 Å². The molecule has 1 aliphatic heterocycles. The number of hydrogen-bond donors (Lipinski definition) is 1. The van der Waals surface area contributed by atoms with Crippen molar-refractivity contribution >= 4 is 35.0 Å². The second kappa shape index (κ2) is 7.25. The normalized spacial score (nSPS) is 12.8. The number of pyridine rings is 1. The lowest BCUT2D eigenvalue weighted by molar-refractivity contribution is 0.0642. The third kappa shape index (κ3) is 3.37. The van der Waals surface area contributed by atoms with Crippen LogP contribution in [0.1, 0.15) is 36.6 Å². The summed E-state index contributed by atoms with van der Waals surface area (Å²) in [6, 6.07) is 14.7. The van der Waals surface area contributed by atoms with Crippen LogP contribution in [0.15, 0.2) is 67.0 Å². The zero-order valence-corrected chi connectivity index (χ0v) is 15.3. The maximum atomic E-state index is 12.7. The number of amides is 3. The van der Waals surface area contributed by atoms with Gasteiger partial charge >= 0.3 is 0 Å². The van der Waals surface area contributed by atoms with Gasteiger partial charge in [-0.05, 0) is 54.1 Å². The number of nitrogens with zero attached hydrogens (tertiary/aromatic N) is 2. The molecule has 138 valence electrons. The Kier molecular flexibility index (Phi) is 4.63. The second-order valence-electron chi connectivity index (χ2n) is 6.28. The summed E-state index contributed by atoms with van der Waals surface area (Å²) in [7, 11) is 0. The Balaban J connectivity index is 1.56. The molecule has 0 atom stereocenters. The molecule has 28 heavy (non-hydrogen) atoms. The number of anilines is 1. The van der Waals surface area contributed by atoms with Gasteiger partial charge in [0, 0.05) is 28.7 Å². The number of fused-ring (bicyclic) bond motifs is 1. The van der Waals surface area contributed by atoms with Gasteiger partial charge in [-0.15, -0.1) is 0 Å². The van der Waals surface area contributed by atoms with Crippen molar-refractivity contribution in [3.8, 4) is 0 Å². The van der Waals surface area contributed by atoms with Crippen LogP contribution in [-0.2, 0) is 6.54 Å². The minimum atomic E-state index is -0.426. The summed E-state index contributed by atoms with van der Waals surface area (Å²) >= 11 is 5.84. The lowest BCUT2D eigenvalue weighted by atomic mass is 10.1. The van der Waals surface area contributed by atoms with Gasteiger partial charge in [0.15, 0.2) is 0 Å². The van der Waals surface area contributed by atoms with E-state index in [4.69, 9.17) is 11.6 Å². The standard InChI is InChI=1S/C21H14ClN3O3/c22-15-4-6-16(7-5-15)24-19(26)14-3-8-17-18(10-14)21(28)25(20(17)27)12-13-2-1-9-23-11-13/h1-11H,12H2,(H,24,26). The van der Waals surface area contributed by atoms with E-state index in [1.807, 2.05) is 0 Å². The Labute approximate surface area is 165 Å². The summed E-state index contributed by atoms with van der Waals surface area (Å²) in [6.45, 7) is 0.131. The third-order valence-corrected chi connectivity index (χ3v) is 4.65. The Morgan fingerprint density at radius 2 is 1.75 bits per heavy atom. The fourth-order valence-electron chi connectivity index (χ4n) is 2.99. The maximum Gasteiger partial charge on any atom is 0.261 e. The SMILES string of the molecule is O=C(Nc1ccc(Cl)cc1)c1ccc2c(c1)C(=O)N(Cc1cccnc1)C2=O. The molecule has 0 bridgehead atoms. The van der Waals surface area contributed by atoms with Gasteiger partial charge in [0.1, 0.15) is 0 Å². The molecular formula is C21H14ClN3O3. The molecule has 0 unspecified atom stereocenters. The predicted octanol–water partition coefficient (Wildman–Crippen LogP) is 3.78. The van der Waals surface area contributed by atoms with Crippen molar-refractivity contribution in [2.24, 2.45) is 0 Å². The van der Waals surface area contributed by atoms with Crippen molar-refractivity contribution in [1.29, 1.82) is 0 Å². The first kappa shape index (κ1) is 17.9. The molecule has 4 rings (SSSR count). The number of aromatic nitrogens is 1. The van der Waals surface area contributed by atoms with E-state index in [0.717, 1.165) is 10.5 Å². The second-order valence-corrected chi connectivity index (χ2v) is 6.72. The summed E-state index contributed by atoms with van der Waals surface area (Å²) in [5.74, 6) is -1.19. The number of carbonyl (C=O) groups excluding carboxylic acids is 3. The van der Waals surface area contributed by atoms with E-state index in [1.165, 1.54) is 18.2 Å². The van der Waals surface area contributed by atoms with Crippen molar-refractivity contribution < 1.29 is 14.4 Å². The quantitative estimate of drug-likeness (QED) is 0.686. The van der Waals surface area contributed by atoms with Crippen LogP contribution in [0.5, 0.6) is 0 Å². The topological polar surface area (TPSA) is 79.4 Å². The number of rotatable bonds is 4. The number of hydrogen-bond acceptors (Lipinski definition) is 4. The molecule has 0 fully saturated rings. The van der Waals surface area contributed by atoms with E-state index in [9.17, 15) is 14.4 Å². The van der Waals surface area contributed by atoms with Crippen molar-refractivity contribution in [2.45, 2.75) is 6.54 Å². The summed E-state index contributed by atoms with van der Waals surface area (Å²) in [5, 5.41) is 3.30. The fourth-order valence-corrected chi connectivity index (χ4v) is 3.11. The minimum absolute atomic E-state index is 0.131. The lowest BCUT2D eigenvalue weighted by Crippen LogP contribution is -2.29. The molecule has 0 radical (unpaired) electrons. The zero-order valence-electron chi connectivity index (χ0n) is 14.6. The highest BCUT2D eigenvalue weighted by atomic mass is 35.5. The summed E-state index contributed by atoms with van der Waals surface area (Å²) in [6.07, 6.45) is 3.23. The molecular weight excluding hydrogens is 378 g/mol. The van der Waals surface area contributed by atoms with Gasteiger partial charge in [-0.2, -0.15) is 0 Å². The molecule has 1 aromatic heterocycles. The zero-order chi connectivity index (χ0) is 19.7. The smallest absolute Gasteiger partial charge is 0.261 e. The van der Waals surface area contributed by atoms with Crippen LogP contribution < -0.4 is 5.32 Å². The highest BCUT2D eigenvalue weighted by molar-refractivity contribution is 6.30. The van der Waals surface area contributed by atoms with E-state index in [-0.39, 0.29) is 35.0 Å². The van der Waals surface area contributed by atoms with Gasteiger partial charge in [-0.25, -0.2) is 0 Å². The molecule has 0 saturated heterocycles. The van der Waals surface area contributed by atoms with Crippen molar-refractivity contribution in [3.63, 3.8) is 0 Å². The maximum absolute atomic E-state index is 12.7. The number of nitrogens with one attached hydrogen (secondary N) is 1. The number of imide groups is 1. The molecule has 6 nitrogen and oxygen atoms in total. The van der Waals surface area contributed by atoms with E-state index in [0.29, 0.717) is 10.7 Å². The van der Waals surface area contributed by atoms with Crippen molar-refractivity contribution in [1.82, 2.24) is 9.88 Å². The number of benzene rings is 2. The van der Waals surface area contributed by atoms with Crippen LogP contribution in [0.2, 0.25) is 5.02 Å². The molecule has 7 heteroatoms. The van der Waals surface area contributed by atoms with Gasteiger partial charge in [0.2, 0.25) is 0 Å². The third-order valence-electron chi connectivity index (χ3n) is 4.40. The molecule has 0 aliphatic carbocycles. The Hall–Kier alpha value is -3.51. The number of carbonyl (C=O) groups is 3. The Morgan fingerprint density at radius 3 is 2.46 bits per heavy atom. The van der Waals surface area contributed by atoms with Crippen LogP contribution in [0.25, 0.3) is 0 Å². The van der Waals surface area contributed by atoms with Crippen LogP contribution in [0.3, 0.4) is 0 Å². The van der Waals surface area contributed by atoms with Gasteiger partial charge in [0.05, 0.1) is 17.7 Å².